The summed E-state index contributed by atoms with van der Waals surface area (Å²) in [5, 5.41) is 17.2. The highest BCUT2D eigenvalue weighted by molar-refractivity contribution is 7.89. The molecule has 8 aromatic rings. The van der Waals surface area contributed by atoms with Crippen LogP contribution in [-0.4, -0.2) is 185 Å². The fraction of sp³-hybridized carbons (Fsp3) is 0.427. The lowest BCUT2D eigenvalue weighted by atomic mass is 9.78. The van der Waals surface area contributed by atoms with Gasteiger partial charge >= 0.3 is 0 Å². The van der Waals surface area contributed by atoms with Gasteiger partial charge in [0.1, 0.15) is 36.1 Å². The summed E-state index contributed by atoms with van der Waals surface area (Å²) in [6.45, 7) is 28.9. The highest BCUT2D eigenvalue weighted by atomic mass is 35.5. The molecule has 1 fully saturated rings. The van der Waals surface area contributed by atoms with Crippen molar-refractivity contribution in [3.63, 3.8) is 0 Å². The summed E-state index contributed by atoms with van der Waals surface area (Å²) in [5.74, 6) is -1.47. The number of halogens is 5. The van der Waals surface area contributed by atoms with E-state index in [9.17, 15) is 63.9 Å². The van der Waals surface area contributed by atoms with Crippen molar-refractivity contribution in [3.05, 3.63) is 232 Å². The number of amidine groups is 1. The van der Waals surface area contributed by atoms with E-state index in [0.717, 1.165) is 119 Å². The molecular weight excluding hydrogens is 2060 g/mol. The Hall–Kier alpha value is -11.3. The van der Waals surface area contributed by atoms with Gasteiger partial charge in [-0.3, -0.25) is 44.0 Å². The number of unbranched alkanes of at least 4 members (excludes halogenated alkanes) is 10. The Morgan fingerprint density at radius 1 is 0.611 bits per heavy atom. The van der Waals surface area contributed by atoms with Gasteiger partial charge in [0.2, 0.25) is 41.8 Å². The van der Waals surface area contributed by atoms with Crippen molar-refractivity contribution in [2.75, 3.05) is 110 Å². The van der Waals surface area contributed by atoms with E-state index in [1.165, 1.54) is 64.0 Å². The lowest BCUT2D eigenvalue weighted by molar-refractivity contribution is -0.128. The summed E-state index contributed by atoms with van der Waals surface area (Å²) < 4.78 is 93.3. The van der Waals surface area contributed by atoms with Crippen molar-refractivity contribution < 1.29 is 78.1 Å². The number of nitrogen functional groups attached to an aromatic ring is 1. The van der Waals surface area contributed by atoms with Crippen molar-refractivity contribution >= 4 is 204 Å². The van der Waals surface area contributed by atoms with Crippen LogP contribution in [0.15, 0.2) is 182 Å². The van der Waals surface area contributed by atoms with E-state index < -0.39 is 59.7 Å². The fourth-order valence-electron chi connectivity index (χ4n) is 16.7. The molecule has 149 heavy (non-hydrogen) atoms. The molecule has 0 saturated carbocycles. The second-order valence-corrected chi connectivity index (χ2v) is 44.1. The minimum Gasteiger partial charge on any atom is -0.508 e. The lowest BCUT2D eigenvalue weighted by Gasteiger charge is -2.27. The number of hydrogen-bond acceptors (Lipinski definition) is 24. The Morgan fingerprint density at radius 2 is 1.19 bits per heavy atom. The molecule has 1 heterocycles. The number of hydrogen-bond donors (Lipinski definition) is 8. The number of carbonyl (C=O) groups is 7. The predicted molar refractivity (Wildman–Crippen MR) is 605 cm³/mol. The lowest BCUT2D eigenvalue weighted by Crippen LogP contribution is -2.40. The highest BCUT2D eigenvalue weighted by Gasteiger charge is 2.40. The van der Waals surface area contributed by atoms with Crippen LogP contribution in [0.3, 0.4) is 0 Å². The van der Waals surface area contributed by atoms with Gasteiger partial charge in [-0.1, -0.05) is 199 Å². The molecule has 1 aliphatic heterocycles. The highest BCUT2D eigenvalue weighted by Crippen LogP contribution is 2.41. The maximum Gasteiger partial charge on any atom is 0.299 e. The number of nitrogens with two attached hydrogens (primary N) is 1. The largest absolute Gasteiger partial charge is 0.508 e. The quantitative estimate of drug-likeness (QED) is 0.00577. The predicted octanol–water partition coefficient (Wildman–Crippen LogP) is 21.9. The van der Waals surface area contributed by atoms with Crippen molar-refractivity contribution in [1.82, 2.24) is 24.9 Å². The molecule has 39 heteroatoms. The molecule has 31 nitrogen and oxygen atoms in total. The number of Topliss-reactive ketones (excluding diaryl/α,β-unsaturated/α-hetero) is 3. The zero-order chi connectivity index (χ0) is 110. The number of nitrogens with one attached hydrogen (secondary N) is 6. The SMILES string of the molecule is CCC(CCNS(C)(=O)=O)c1ccc(N=C2C(=O)N(c3c(Cl)cc(Cl)cc3Cl)NC2=Nc2cc(N)ccc2Cl)c(C)c1.CCC1=C(Cl)C(=O)C(NC(=O)C(CC)Oc2ccc(C)cc2C)=CC1=Nc1ccc(N(CC)CCNS(C)(=O)=O)cc1C.CCCCCCCCCCCCOCC(=O)C1CC(=Nc2ccc(N(CC)CCNS(C)(=O)=O)cc2C)c2c(NC(C)=O)cccc2C1=O.CCCCc1cc(OCC=O)ccc1O. The maximum atomic E-state index is 13.8. The molecular formula is C110H141Cl5N14O17S3. The molecule has 3 aliphatic rings. The van der Waals surface area contributed by atoms with Gasteiger partial charge in [0, 0.05) is 105 Å². The van der Waals surface area contributed by atoms with E-state index in [4.69, 9.17) is 92.9 Å². The number of sulfonamides is 3. The van der Waals surface area contributed by atoms with Gasteiger partial charge in [0.05, 0.1) is 90.3 Å². The van der Waals surface area contributed by atoms with Crippen LogP contribution in [0.5, 0.6) is 17.2 Å². The van der Waals surface area contributed by atoms with Gasteiger partial charge in [0.25, 0.3) is 11.8 Å². The summed E-state index contributed by atoms with van der Waals surface area (Å²) in [6, 6.07) is 41.0. The topological polar surface area (TPSA) is 427 Å². The van der Waals surface area contributed by atoms with E-state index in [1.54, 1.807) is 60.7 Å². The number of phenolic OH excluding ortho intramolecular Hbond substituents is 1. The number of anilines is 5. The Labute approximate surface area is 903 Å². The molecule has 806 valence electrons. The maximum absolute atomic E-state index is 13.8. The normalized spacial score (nSPS) is 15.1. The summed E-state index contributed by atoms with van der Waals surface area (Å²) in [5.41, 5.74) is 23.1. The molecule has 3 unspecified atom stereocenters. The fourth-order valence-corrected chi connectivity index (χ4v) is 19.6. The van der Waals surface area contributed by atoms with E-state index in [1.807, 2.05) is 142 Å². The van der Waals surface area contributed by atoms with Gasteiger partial charge in [-0.05, 0) is 242 Å². The minimum absolute atomic E-state index is 0.00387. The van der Waals surface area contributed by atoms with Gasteiger partial charge < -0.3 is 45.5 Å². The van der Waals surface area contributed by atoms with Gasteiger partial charge in [-0.2, -0.15) is 0 Å². The van der Waals surface area contributed by atoms with Crippen LogP contribution in [0.25, 0.3) is 0 Å². The Bertz CT molecular complexity index is 6610. The molecule has 9 N–H and O–H groups in total. The number of carbonyl (C=O) groups excluding carboxylic acids is 7. The number of nitrogens with zero attached hydrogens (tertiary/aromatic N) is 7. The number of allylic oxidation sites excluding steroid dienone is 3. The molecule has 0 radical (unpaired) electrons. The molecule has 8 aromatic carbocycles. The monoisotopic (exact) mass is 2200 g/mol. The Balaban J connectivity index is 0.000000254. The number of hydrazine groups is 1. The zero-order valence-corrected chi connectivity index (χ0v) is 94.0. The summed E-state index contributed by atoms with van der Waals surface area (Å²) in [4.78, 5) is 113. The van der Waals surface area contributed by atoms with Crippen LogP contribution in [0.2, 0.25) is 20.1 Å². The molecule has 0 spiro atoms. The molecule has 3 atom stereocenters. The molecule has 1 saturated heterocycles. The van der Waals surface area contributed by atoms with Gasteiger partial charge in [-0.25, -0.2) is 59.4 Å². The van der Waals surface area contributed by atoms with Crippen molar-refractivity contribution in [2.45, 2.75) is 218 Å². The number of phenols is 1. The van der Waals surface area contributed by atoms with Crippen molar-refractivity contribution in [3.8, 4) is 17.2 Å². The third kappa shape index (κ3) is 38.6. The molecule has 2 aliphatic carbocycles. The third-order valence-electron chi connectivity index (χ3n) is 24.6. The number of likely N-dealkylation sites (N-methyl/N-ethyl adjacent to an activating group) is 2. The number of aliphatic imine (C=N–C) groups is 4. The van der Waals surface area contributed by atoms with E-state index >= 15 is 0 Å². The Morgan fingerprint density at radius 3 is 1.75 bits per heavy atom. The van der Waals surface area contributed by atoms with Crippen LogP contribution < -0.4 is 60.2 Å². The second-order valence-electron chi connectivity index (χ2n) is 36.6. The van der Waals surface area contributed by atoms with Gasteiger partial charge in [-0.15, -0.1) is 0 Å². The first-order valence-electron chi connectivity index (χ1n) is 50.2. The number of aryl methyl sites for hydroxylation is 6. The first-order chi connectivity index (χ1) is 70.8. The minimum atomic E-state index is -3.28. The van der Waals surface area contributed by atoms with E-state index in [-0.39, 0.29) is 87.6 Å². The molecule has 3 amide bonds. The number of ether oxygens (including phenoxy) is 3. The zero-order valence-electron chi connectivity index (χ0n) is 87.8. The number of ketones is 3. The van der Waals surface area contributed by atoms with E-state index in [2.05, 4.69) is 58.9 Å². The average Bonchev–Trinajstić information content (AvgIpc) is 1.72. The number of benzene rings is 8. The number of fused-ring (bicyclic) bond motifs is 1. The van der Waals surface area contributed by atoms with Crippen LogP contribution in [0.4, 0.5) is 51.2 Å². The number of amides is 3. The average molecular weight is 2200 g/mol. The van der Waals surface area contributed by atoms with Crippen LogP contribution >= 0.6 is 58.0 Å². The first-order valence-corrected chi connectivity index (χ1v) is 57.8. The van der Waals surface area contributed by atoms with E-state index in [0.29, 0.717) is 161 Å². The molecule has 11 rings (SSSR count). The van der Waals surface area contributed by atoms with Gasteiger partial charge in [0.15, 0.2) is 35.5 Å². The molecule has 0 bridgehead atoms. The number of rotatable bonds is 50. The summed E-state index contributed by atoms with van der Waals surface area (Å²) >= 11 is 31.8. The van der Waals surface area contributed by atoms with Crippen LogP contribution in [0, 0.1) is 40.5 Å². The number of aromatic hydroxyl groups is 1. The summed E-state index contributed by atoms with van der Waals surface area (Å²) in [7, 11) is -9.82. The first kappa shape index (κ1) is 123. The third-order valence-corrected chi connectivity index (χ3v) is 28.3. The standard InChI is InChI=1S/C38H56N4O6S.C32H41ClN4O5S.C28H28Cl4N6O3S.C12H16O3/c1-6-8-9-10-11-12-13-14-15-16-24-48-27-36(44)32-26-35(37-31(38(32)45)18-17-19-34(37)40-29(4)43)41-33-21-20-30(25-28(33)3)42(7-2)23-22-39-49(5,46)47;1-8-24-26(35-25-13-12-23(18-21(25)5)37(10-3)16-15-34-43(7,40)41)19-27(31(38)30(24)33)36-32(39)28(9-2)42-29-14-11-20(4)17-22(29)6;1-4-16(9-10-34-42(3,40)41)17-5-8-23(15(2)11-17)35-25-27(36-24-14-19(33)6-7-20(24)30)37-38(28(25)39)26-21(31)12-18(29)13-22(26)32;1-2-3-4-10-9-11(15-8-7-13)5-6-12(10)14/h17-21,25,32,39H,6-16,22-24,26-27H2,1-5H3,(H,40,43);11-14,17-19,28,34H,8-10,15-16H2,1-7H3,(H,36,39);5-8,11-14,16,34H,4,9-10,33H2,1-3H3,(H,36,37);5-7,9,14H,2-4,8H2,1H3. The van der Waals surface area contributed by atoms with Crippen molar-refractivity contribution in [2.24, 2.45) is 25.9 Å². The van der Waals surface area contributed by atoms with Crippen LogP contribution in [-0.2, 0) is 70.0 Å². The summed E-state index contributed by atoms with van der Waals surface area (Å²) in [6.07, 6.45) is 22.4. The second kappa shape index (κ2) is 60.1. The van der Waals surface area contributed by atoms with Crippen molar-refractivity contribution in [1.29, 1.82) is 0 Å². The molecule has 0 aromatic heterocycles. The van der Waals surface area contributed by atoms with Crippen LogP contribution in [0.1, 0.15) is 225 Å². The Kier molecular flexibility index (Phi) is 49.6. The smallest absolute Gasteiger partial charge is 0.299 e. The number of aldehydes is 1.